The zero-order valence-corrected chi connectivity index (χ0v) is 11.3. The molecule has 2 saturated heterocycles. The third-order valence-corrected chi connectivity index (χ3v) is 3.74. The highest BCUT2D eigenvalue weighted by atomic mass is 16.5. The summed E-state index contributed by atoms with van der Waals surface area (Å²) in [6.45, 7) is 5.76. The Labute approximate surface area is 114 Å². The Balaban J connectivity index is 1.72. The van der Waals surface area contributed by atoms with Gasteiger partial charge >= 0.3 is 0 Å². The molecule has 1 N–H and O–H groups in total. The normalized spacial score (nSPS) is 24.2. The third-order valence-electron chi connectivity index (χ3n) is 3.74. The first-order chi connectivity index (χ1) is 9.43. The summed E-state index contributed by atoms with van der Waals surface area (Å²) in [6, 6.07) is 8.36. The first-order valence-electron chi connectivity index (χ1n) is 7.22. The quantitative estimate of drug-likeness (QED) is 0.898. The lowest BCUT2D eigenvalue weighted by atomic mass is 10.1. The van der Waals surface area contributed by atoms with Crippen molar-refractivity contribution in [1.29, 1.82) is 0 Å². The van der Waals surface area contributed by atoms with Crippen LogP contribution >= 0.6 is 0 Å². The Morgan fingerprint density at radius 2 is 2.05 bits per heavy atom. The van der Waals surface area contributed by atoms with Gasteiger partial charge in [-0.15, -0.1) is 0 Å². The standard InChI is InChI=1S/C15H22N2O2/c1-2-6-15(19-13-4-3-11-18-12-13)14(5-1)17-9-7-16-8-10-17/h1-2,5-6,13,16H,3-4,7-12H2. The van der Waals surface area contributed by atoms with Crippen molar-refractivity contribution in [2.45, 2.75) is 18.9 Å². The fraction of sp³-hybridized carbons (Fsp3) is 0.600. The topological polar surface area (TPSA) is 33.7 Å². The van der Waals surface area contributed by atoms with Gasteiger partial charge in [0, 0.05) is 32.8 Å². The second kappa shape index (κ2) is 6.26. The van der Waals surface area contributed by atoms with E-state index < -0.39 is 0 Å². The van der Waals surface area contributed by atoms with Crippen LogP contribution < -0.4 is 15.0 Å². The van der Waals surface area contributed by atoms with Crippen LogP contribution in [0.3, 0.4) is 0 Å². The van der Waals surface area contributed by atoms with Crippen molar-refractivity contribution in [3.8, 4) is 5.75 Å². The van der Waals surface area contributed by atoms with Gasteiger partial charge in [-0.2, -0.15) is 0 Å². The maximum atomic E-state index is 6.15. The van der Waals surface area contributed by atoms with Crippen LogP contribution in [-0.4, -0.2) is 45.5 Å². The van der Waals surface area contributed by atoms with Crippen LogP contribution in [0.4, 0.5) is 5.69 Å². The molecule has 0 aromatic heterocycles. The molecule has 2 aliphatic rings. The zero-order valence-electron chi connectivity index (χ0n) is 11.3. The van der Waals surface area contributed by atoms with Crippen molar-refractivity contribution in [3.63, 3.8) is 0 Å². The van der Waals surface area contributed by atoms with Crippen molar-refractivity contribution >= 4 is 5.69 Å². The Morgan fingerprint density at radius 3 is 2.84 bits per heavy atom. The van der Waals surface area contributed by atoms with Gasteiger partial charge in [-0.3, -0.25) is 0 Å². The van der Waals surface area contributed by atoms with Crippen LogP contribution in [0.5, 0.6) is 5.75 Å². The molecule has 0 saturated carbocycles. The lowest BCUT2D eigenvalue weighted by Gasteiger charge is -2.32. The van der Waals surface area contributed by atoms with Gasteiger partial charge in [0.2, 0.25) is 0 Å². The van der Waals surface area contributed by atoms with E-state index >= 15 is 0 Å². The van der Waals surface area contributed by atoms with Crippen LogP contribution in [0.2, 0.25) is 0 Å². The van der Waals surface area contributed by atoms with Crippen molar-refractivity contribution in [2.75, 3.05) is 44.3 Å². The molecule has 1 aromatic carbocycles. The smallest absolute Gasteiger partial charge is 0.143 e. The van der Waals surface area contributed by atoms with Gasteiger partial charge in [-0.25, -0.2) is 0 Å². The molecule has 4 heteroatoms. The predicted octanol–water partition coefficient (Wildman–Crippen LogP) is 1.65. The first kappa shape index (κ1) is 12.8. The van der Waals surface area contributed by atoms with Crippen LogP contribution in [0.15, 0.2) is 24.3 Å². The number of hydrogen-bond acceptors (Lipinski definition) is 4. The summed E-state index contributed by atoms with van der Waals surface area (Å²) < 4.78 is 11.6. The van der Waals surface area contributed by atoms with E-state index in [4.69, 9.17) is 9.47 Å². The molecule has 1 atom stereocenters. The first-order valence-corrected chi connectivity index (χ1v) is 7.22. The highest BCUT2D eigenvalue weighted by molar-refractivity contribution is 5.58. The number of benzene rings is 1. The van der Waals surface area contributed by atoms with Gasteiger partial charge in [0.05, 0.1) is 12.3 Å². The van der Waals surface area contributed by atoms with Crippen molar-refractivity contribution in [1.82, 2.24) is 5.32 Å². The lowest BCUT2D eigenvalue weighted by molar-refractivity contribution is 0.00761. The van der Waals surface area contributed by atoms with E-state index in [-0.39, 0.29) is 6.10 Å². The number of nitrogens with one attached hydrogen (secondary N) is 1. The molecule has 2 fully saturated rings. The van der Waals surface area contributed by atoms with Gasteiger partial charge in [-0.05, 0) is 25.0 Å². The maximum absolute atomic E-state index is 6.15. The van der Waals surface area contributed by atoms with Crippen LogP contribution in [0.1, 0.15) is 12.8 Å². The highest BCUT2D eigenvalue weighted by Crippen LogP contribution is 2.30. The van der Waals surface area contributed by atoms with Crippen molar-refractivity contribution in [2.24, 2.45) is 0 Å². The number of piperazine rings is 1. The SMILES string of the molecule is c1ccc(N2CCNCC2)c(OC2CCCOC2)c1. The summed E-state index contributed by atoms with van der Waals surface area (Å²) in [7, 11) is 0. The number of para-hydroxylation sites is 2. The summed E-state index contributed by atoms with van der Waals surface area (Å²) in [4.78, 5) is 2.40. The van der Waals surface area contributed by atoms with E-state index in [0.717, 1.165) is 58.0 Å². The van der Waals surface area contributed by atoms with Gasteiger partial charge in [0.1, 0.15) is 11.9 Å². The minimum atomic E-state index is 0.206. The average molecular weight is 262 g/mol. The molecule has 4 nitrogen and oxygen atoms in total. The Kier molecular flexibility index (Phi) is 4.20. The molecule has 0 spiro atoms. The molecule has 1 unspecified atom stereocenters. The molecule has 1 aromatic rings. The summed E-state index contributed by atoms with van der Waals surface area (Å²) in [6.07, 6.45) is 2.40. The molecular weight excluding hydrogens is 240 g/mol. The maximum Gasteiger partial charge on any atom is 0.143 e. The van der Waals surface area contributed by atoms with E-state index in [1.165, 1.54) is 5.69 Å². The van der Waals surface area contributed by atoms with Gasteiger partial charge in [-0.1, -0.05) is 12.1 Å². The molecule has 104 valence electrons. The van der Waals surface area contributed by atoms with E-state index in [1.807, 2.05) is 6.07 Å². The Bertz CT molecular complexity index is 399. The van der Waals surface area contributed by atoms with Crippen LogP contribution in [0, 0.1) is 0 Å². The fourth-order valence-corrected chi connectivity index (χ4v) is 2.71. The molecule has 2 aliphatic heterocycles. The molecule has 0 bridgehead atoms. The number of nitrogens with zero attached hydrogens (tertiary/aromatic N) is 1. The second-order valence-electron chi connectivity index (χ2n) is 5.16. The minimum absolute atomic E-state index is 0.206. The van der Waals surface area contributed by atoms with Gasteiger partial charge in [0.15, 0.2) is 0 Å². The van der Waals surface area contributed by atoms with E-state index in [1.54, 1.807) is 0 Å². The third kappa shape index (κ3) is 3.19. The Morgan fingerprint density at radius 1 is 1.21 bits per heavy atom. The van der Waals surface area contributed by atoms with Crippen LogP contribution in [0.25, 0.3) is 0 Å². The number of ether oxygens (including phenoxy) is 2. The second-order valence-corrected chi connectivity index (χ2v) is 5.16. The molecule has 0 aliphatic carbocycles. The molecular formula is C15H22N2O2. The summed E-state index contributed by atoms with van der Waals surface area (Å²) in [5, 5.41) is 3.38. The summed E-state index contributed by atoms with van der Waals surface area (Å²) in [5.74, 6) is 1.000. The molecule has 0 amide bonds. The lowest BCUT2D eigenvalue weighted by Crippen LogP contribution is -2.43. The largest absolute Gasteiger partial charge is 0.486 e. The van der Waals surface area contributed by atoms with E-state index in [0.29, 0.717) is 0 Å². The summed E-state index contributed by atoms with van der Waals surface area (Å²) >= 11 is 0. The fourth-order valence-electron chi connectivity index (χ4n) is 2.71. The number of hydrogen-bond donors (Lipinski definition) is 1. The van der Waals surface area contributed by atoms with Crippen molar-refractivity contribution < 1.29 is 9.47 Å². The summed E-state index contributed by atoms with van der Waals surface area (Å²) in [5.41, 5.74) is 1.22. The average Bonchev–Trinajstić information content (AvgIpc) is 2.50. The van der Waals surface area contributed by atoms with Gasteiger partial charge < -0.3 is 19.7 Å². The highest BCUT2D eigenvalue weighted by Gasteiger charge is 2.19. The van der Waals surface area contributed by atoms with E-state index in [2.05, 4.69) is 28.4 Å². The molecule has 3 rings (SSSR count). The molecule has 2 heterocycles. The van der Waals surface area contributed by atoms with Crippen LogP contribution in [-0.2, 0) is 4.74 Å². The molecule has 0 radical (unpaired) electrons. The Hall–Kier alpha value is -1.26. The van der Waals surface area contributed by atoms with Crippen molar-refractivity contribution in [3.05, 3.63) is 24.3 Å². The predicted molar refractivity (Wildman–Crippen MR) is 76.0 cm³/mol. The minimum Gasteiger partial charge on any atom is -0.486 e. The monoisotopic (exact) mass is 262 g/mol. The number of anilines is 1. The van der Waals surface area contributed by atoms with Gasteiger partial charge in [0.25, 0.3) is 0 Å². The zero-order chi connectivity index (χ0) is 12.9. The number of rotatable bonds is 3. The molecule has 19 heavy (non-hydrogen) atoms. The van der Waals surface area contributed by atoms with E-state index in [9.17, 15) is 0 Å².